The van der Waals surface area contributed by atoms with Crippen molar-refractivity contribution in [2.75, 3.05) is 25.7 Å². The number of ketones is 1. The molecule has 2 aromatic carbocycles. The zero-order valence-corrected chi connectivity index (χ0v) is 20.9. The summed E-state index contributed by atoms with van der Waals surface area (Å²) >= 11 is 1.31. The number of carbonyl (C=O) groups excluding carboxylic acids is 2. The molecule has 1 aliphatic rings. The van der Waals surface area contributed by atoms with E-state index in [1.54, 1.807) is 42.5 Å². The van der Waals surface area contributed by atoms with Crippen LogP contribution in [0.25, 0.3) is 5.76 Å². The van der Waals surface area contributed by atoms with Gasteiger partial charge in [0, 0.05) is 16.0 Å². The molecule has 182 valence electrons. The molecule has 1 N–H and O–H groups in total. The van der Waals surface area contributed by atoms with Crippen molar-refractivity contribution in [1.29, 1.82) is 0 Å². The molecule has 0 saturated carbocycles. The van der Waals surface area contributed by atoms with E-state index in [1.807, 2.05) is 20.8 Å². The average Bonchev–Trinajstić information content (AvgIpc) is 3.33. The summed E-state index contributed by atoms with van der Waals surface area (Å²) in [4.78, 5) is 33.5. The van der Waals surface area contributed by atoms with Crippen LogP contribution in [-0.4, -0.2) is 42.6 Å². The molecule has 4 rings (SSSR count). The number of thiazole rings is 1. The quantitative estimate of drug-likeness (QED) is 0.286. The fraction of sp³-hybridized carbons (Fsp3) is 0.269. The number of aryl methyl sites for hydroxylation is 2. The van der Waals surface area contributed by atoms with E-state index in [0.29, 0.717) is 40.1 Å². The zero-order valence-electron chi connectivity index (χ0n) is 20.1. The van der Waals surface area contributed by atoms with Gasteiger partial charge in [-0.2, -0.15) is 0 Å². The topological polar surface area (TPSA) is 98.2 Å². The van der Waals surface area contributed by atoms with Gasteiger partial charge in [-0.15, -0.1) is 11.3 Å². The van der Waals surface area contributed by atoms with Gasteiger partial charge in [-0.05, 0) is 51.1 Å². The number of ether oxygens (including phenoxy) is 3. The Balaban J connectivity index is 1.97. The number of carbonyl (C=O) groups is 2. The second-order valence-electron chi connectivity index (χ2n) is 7.85. The molecule has 1 amide bonds. The molecule has 1 aliphatic heterocycles. The Morgan fingerprint density at radius 3 is 2.37 bits per heavy atom. The van der Waals surface area contributed by atoms with Crippen LogP contribution in [0, 0.1) is 13.8 Å². The minimum absolute atomic E-state index is 0.0591. The standard InChI is InChI=1S/C26H26N2O6S/c1-6-34-17-12-10-16(11-13-17)22(29)20-21(18-8-7-9-19(32-4)24(18)33-5)28(25(31)23(20)30)26-27-14(2)15(3)35-26/h7-13,21,29H,6H2,1-5H3/t21-/m0/s1. The summed E-state index contributed by atoms with van der Waals surface area (Å²) in [7, 11) is 2.99. The molecule has 1 atom stereocenters. The molecule has 8 nitrogen and oxygen atoms in total. The normalized spacial score (nSPS) is 17.1. The van der Waals surface area contributed by atoms with Gasteiger partial charge in [0.2, 0.25) is 0 Å². The summed E-state index contributed by atoms with van der Waals surface area (Å²) in [6, 6.07) is 10.9. The number of Topliss-reactive ketones (excluding diaryl/α,β-unsaturated/α-hetero) is 1. The maximum Gasteiger partial charge on any atom is 0.301 e. The molecular formula is C26H26N2O6S. The van der Waals surface area contributed by atoms with Gasteiger partial charge < -0.3 is 19.3 Å². The number of aliphatic hydroxyl groups excluding tert-OH is 1. The number of methoxy groups -OCH3 is 2. The smallest absolute Gasteiger partial charge is 0.301 e. The Hall–Kier alpha value is -3.85. The van der Waals surface area contributed by atoms with Crippen LogP contribution in [-0.2, 0) is 9.59 Å². The lowest BCUT2D eigenvalue weighted by molar-refractivity contribution is -0.132. The van der Waals surface area contributed by atoms with Gasteiger partial charge in [-0.3, -0.25) is 14.5 Å². The predicted molar refractivity (Wildman–Crippen MR) is 134 cm³/mol. The van der Waals surface area contributed by atoms with Crippen LogP contribution in [0.2, 0.25) is 0 Å². The fourth-order valence-corrected chi connectivity index (χ4v) is 4.98. The van der Waals surface area contributed by atoms with Gasteiger partial charge in [0.1, 0.15) is 17.6 Å². The number of rotatable bonds is 7. The Morgan fingerprint density at radius 2 is 1.80 bits per heavy atom. The van der Waals surface area contributed by atoms with Crippen molar-refractivity contribution in [3.8, 4) is 17.2 Å². The predicted octanol–water partition coefficient (Wildman–Crippen LogP) is 4.80. The Morgan fingerprint density at radius 1 is 1.09 bits per heavy atom. The fourth-order valence-electron chi connectivity index (χ4n) is 4.04. The number of aromatic nitrogens is 1. The lowest BCUT2D eigenvalue weighted by Crippen LogP contribution is -2.29. The molecule has 0 unspecified atom stereocenters. The maximum atomic E-state index is 13.4. The highest BCUT2D eigenvalue weighted by molar-refractivity contribution is 7.16. The third kappa shape index (κ3) is 4.23. The highest BCUT2D eigenvalue weighted by Crippen LogP contribution is 2.48. The van der Waals surface area contributed by atoms with E-state index in [-0.39, 0.29) is 11.3 Å². The van der Waals surface area contributed by atoms with Crippen molar-refractivity contribution in [1.82, 2.24) is 4.98 Å². The summed E-state index contributed by atoms with van der Waals surface area (Å²) in [5.41, 5.74) is 1.57. The summed E-state index contributed by atoms with van der Waals surface area (Å²) in [5, 5.41) is 11.7. The molecule has 35 heavy (non-hydrogen) atoms. The third-order valence-electron chi connectivity index (χ3n) is 5.83. The minimum Gasteiger partial charge on any atom is -0.507 e. The van der Waals surface area contributed by atoms with E-state index in [1.165, 1.54) is 30.5 Å². The highest BCUT2D eigenvalue weighted by Gasteiger charge is 2.49. The number of aliphatic hydroxyl groups is 1. The molecule has 0 bridgehead atoms. The van der Waals surface area contributed by atoms with E-state index in [2.05, 4.69) is 4.98 Å². The number of anilines is 1. The number of para-hydroxylation sites is 1. The van der Waals surface area contributed by atoms with Crippen LogP contribution in [0.1, 0.15) is 34.7 Å². The van der Waals surface area contributed by atoms with E-state index >= 15 is 0 Å². The summed E-state index contributed by atoms with van der Waals surface area (Å²) < 4.78 is 16.6. The molecule has 1 aromatic heterocycles. The largest absolute Gasteiger partial charge is 0.507 e. The minimum atomic E-state index is -0.975. The van der Waals surface area contributed by atoms with Crippen molar-refractivity contribution in [3.05, 3.63) is 69.7 Å². The van der Waals surface area contributed by atoms with Crippen molar-refractivity contribution in [3.63, 3.8) is 0 Å². The summed E-state index contributed by atoms with van der Waals surface area (Å²) in [5.74, 6) is -0.464. The summed E-state index contributed by atoms with van der Waals surface area (Å²) in [6.45, 7) is 6.11. The number of nitrogens with zero attached hydrogens (tertiary/aromatic N) is 2. The SMILES string of the molecule is CCOc1ccc(C(O)=C2C(=O)C(=O)N(c3nc(C)c(C)s3)[C@H]2c2cccc(OC)c2OC)cc1. The maximum absolute atomic E-state index is 13.4. The van der Waals surface area contributed by atoms with Crippen molar-refractivity contribution in [2.45, 2.75) is 26.8 Å². The van der Waals surface area contributed by atoms with Gasteiger partial charge >= 0.3 is 5.91 Å². The Kier molecular flexibility index (Phi) is 6.79. The molecule has 0 radical (unpaired) electrons. The van der Waals surface area contributed by atoms with Crippen LogP contribution >= 0.6 is 11.3 Å². The summed E-state index contributed by atoms with van der Waals surface area (Å²) in [6.07, 6.45) is 0. The highest BCUT2D eigenvalue weighted by atomic mass is 32.1. The molecule has 0 spiro atoms. The first kappa shape index (κ1) is 24.3. The van der Waals surface area contributed by atoms with E-state index in [9.17, 15) is 14.7 Å². The molecule has 1 fully saturated rings. The van der Waals surface area contributed by atoms with Crippen LogP contribution in [0.3, 0.4) is 0 Å². The molecule has 3 aromatic rings. The number of amides is 1. The average molecular weight is 495 g/mol. The van der Waals surface area contributed by atoms with Gasteiger partial charge in [0.15, 0.2) is 16.6 Å². The molecule has 9 heteroatoms. The van der Waals surface area contributed by atoms with Gasteiger partial charge in [-0.25, -0.2) is 4.98 Å². The first-order chi connectivity index (χ1) is 16.8. The van der Waals surface area contributed by atoms with E-state index in [4.69, 9.17) is 14.2 Å². The van der Waals surface area contributed by atoms with Crippen molar-refractivity contribution in [2.24, 2.45) is 0 Å². The van der Waals surface area contributed by atoms with Crippen LogP contribution < -0.4 is 19.1 Å². The lowest BCUT2D eigenvalue weighted by atomic mass is 9.94. The lowest BCUT2D eigenvalue weighted by Gasteiger charge is -2.25. The van der Waals surface area contributed by atoms with Crippen molar-refractivity contribution < 1.29 is 28.9 Å². The molecular weight excluding hydrogens is 468 g/mol. The Labute approximate surface area is 207 Å². The molecule has 1 saturated heterocycles. The Bertz CT molecular complexity index is 1290. The number of benzene rings is 2. The van der Waals surface area contributed by atoms with Gasteiger partial charge in [0.05, 0.1) is 32.1 Å². The van der Waals surface area contributed by atoms with Crippen LogP contribution in [0.4, 0.5) is 5.13 Å². The number of hydrogen-bond donors (Lipinski definition) is 1. The van der Waals surface area contributed by atoms with Crippen LogP contribution in [0.5, 0.6) is 17.2 Å². The van der Waals surface area contributed by atoms with E-state index < -0.39 is 17.7 Å². The second kappa shape index (κ2) is 9.79. The second-order valence-corrected chi connectivity index (χ2v) is 9.03. The monoisotopic (exact) mass is 494 g/mol. The first-order valence-electron chi connectivity index (χ1n) is 11.0. The third-order valence-corrected chi connectivity index (χ3v) is 6.91. The van der Waals surface area contributed by atoms with Gasteiger partial charge in [-0.1, -0.05) is 12.1 Å². The molecule has 0 aliphatic carbocycles. The molecule has 2 heterocycles. The first-order valence-corrected chi connectivity index (χ1v) is 11.8. The van der Waals surface area contributed by atoms with Crippen LogP contribution in [0.15, 0.2) is 48.0 Å². The van der Waals surface area contributed by atoms with E-state index in [0.717, 1.165) is 10.6 Å². The van der Waals surface area contributed by atoms with Gasteiger partial charge in [0.25, 0.3) is 5.78 Å². The zero-order chi connectivity index (χ0) is 25.3. The van der Waals surface area contributed by atoms with Crippen molar-refractivity contribution >= 4 is 33.9 Å². The number of hydrogen-bond acceptors (Lipinski definition) is 8.